The van der Waals surface area contributed by atoms with Crippen LogP contribution in [0.2, 0.25) is 5.02 Å². The third kappa shape index (κ3) is 7.67. The number of benzene rings is 2. The minimum Gasteiger partial charge on any atom is -0.497 e. The summed E-state index contributed by atoms with van der Waals surface area (Å²) in [7, 11) is 1.63. The first kappa shape index (κ1) is 24.9. The molecule has 2 aromatic rings. The third-order valence-corrected chi connectivity index (χ3v) is 6.46. The van der Waals surface area contributed by atoms with Gasteiger partial charge in [0.05, 0.1) is 17.7 Å². The Hall–Kier alpha value is -2.73. The van der Waals surface area contributed by atoms with Gasteiger partial charge in [0.2, 0.25) is 5.91 Å². The van der Waals surface area contributed by atoms with Crippen molar-refractivity contribution in [2.24, 2.45) is 5.92 Å². The molecule has 178 valence electrons. The summed E-state index contributed by atoms with van der Waals surface area (Å²) < 4.78 is 5.16. The zero-order valence-corrected chi connectivity index (χ0v) is 20.2. The number of hydrogen-bond donors (Lipinski definition) is 3. The Bertz CT molecular complexity index is 927. The Morgan fingerprint density at radius 1 is 1.06 bits per heavy atom. The lowest BCUT2D eigenvalue weighted by Gasteiger charge is -2.27. The molecule has 0 radical (unpaired) electrons. The average molecular weight is 472 g/mol. The highest BCUT2D eigenvalue weighted by Gasteiger charge is 2.26. The molecule has 0 spiro atoms. The maximum atomic E-state index is 13.0. The van der Waals surface area contributed by atoms with Crippen LogP contribution in [0.4, 0.5) is 5.69 Å². The van der Waals surface area contributed by atoms with E-state index >= 15 is 0 Å². The number of carbonyl (C=O) groups excluding carboxylic acids is 2. The molecule has 1 fully saturated rings. The molecular weight excluding hydrogens is 438 g/mol. The lowest BCUT2D eigenvalue weighted by molar-refractivity contribution is -0.123. The fraction of sp³-hybridized carbons (Fsp3) is 0.462. The molecule has 0 aromatic heterocycles. The molecule has 1 aliphatic rings. The highest BCUT2D eigenvalue weighted by atomic mass is 35.5. The smallest absolute Gasteiger partial charge is 0.253 e. The molecule has 3 rings (SSSR count). The van der Waals surface area contributed by atoms with E-state index in [4.69, 9.17) is 16.3 Å². The van der Waals surface area contributed by atoms with Gasteiger partial charge in [0.1, 0.15) is 11.8 Å². The number of methoxy groups -OCH3 is 1. The highest BCUT2D eigenvalue weighted by Crippen LogP contribution is 2.28. The molecule has 2 amide bonds. The van der Waals surface area contributed by atoms with Crippen LogP contribution in [0.3, 0.4) is 0 Å². The van der Waals surface area contributed by atoms with Crippen molar-refractivity contribution in [2.75, 3.05) is 25.5 Å². The van der Waals surface area contributed by atoms with Crippen LogP contribution >= 0.6 is 11.6 Å². The van der Waals surface area contributed by atoms with Gasteiger partial charge in [-0.05, 0) is 55.7 Å². The molecule has 7 heteroatoms. The van der Waals surface area contributed by atoms with E-state index < -0.39 is 6.04 Å². The summed E-state index contributed by atoms with van der Waals surface area (Å²) in [6, 6.07) is 12.4. The van der Waals surface area contributed by atoms with Crippen LogP contribution in [0.15, 0.2) is 42.5 Å². The summed E-state index contributed by atoms with van der Waals surface area (Å²) >= 11 is 6.25. The Balaban J connectivity index is 1.57. The molecule has 0 aliphatic heterocycles. The Morgan fingerprint density at radius 2 is 1.79 bits per heavy atom. The number of carbonyl (C=O) groups is 2. The van der Waals surface area contributed by atoms with E-state index in [1.165, 1.54) is 19.3 Å². The number of hydrogen-bond acceptors (Lipinski definition) is 4. The summed E-state index contributed by atoms with van der Waals surface area (Å²) in [5.74, 6) is 0.773. The van der Waals surface area contributed by atoms with E-state index in [-0.39, 0.29) is 11.8 Å². The SMILES string of the molecule is COc1ccc(NCCNC(=O)[C@H](CC2CCCCC2)NC(=O)c2cc(C)ccc2Cl)cc1. The topological polar surface area (TPSA) is 79.5 Å². The van der Waals surface area contributed by atoms with Crippen molar-refractivity contribution in [1.29, 1.82) is 0 Å². The first-order chi connectivity index (χ1) is 16.0. The predicted molar refractivity (Wildman–Crippen MR) is 133 cm³/mol. The largest absolute Gasteiger partial charge is 0.497 e. The summed E-state index contributed by atoms with van der Waals surface area (Å²) in [5.41, 5.74) is 2.30. The number of halogens is 1. The Labute approximate surface area is 201 Å². The molecule has 1 atom stereocenters. The van der Waals surface area contributed by atoms with E-state index in [2.05, 4.69) is 16.0 Å². The van der Waals surface area contributed by atoms with E-state index in [1.54, 1.807) is 19.2 Å². The molecule has 0 bridgehead atoms. The number of anilines is 1. The van der Waals surface area contributed by atoms with Gasteiger partial charge in [-0.2, -0.15) is 0 Å². The van der Waals surface area contributed by atoms with Crippen LogP contribution < -0.4 is 20.7 Å². The van der Waals surface area contributed by atoms with Crippen LogP contribution in [0.25, 0.3) is 0 Å². The summed E-state index contributed by atoms with van der Waals surface area (Å²) in [4.78, 5) is 26.0. The van der Waals surface area contributed by atoms with Gasteiger partial charge in [0.25, 0.3) is 5.91 Å². The van der Waals surface area contributed by atoms with Crippen molar-refractivity contribution in [3.05, 3.63) is 58.6 Å². The van der Waals surface area contributed by atoms with Gasteiger partial charge in [-0.3, -0.25) is 9.59 Å². The molecule has 6 nitrogen and oxygen atoms in total. The van der Waals surface area contributed by atoms with Crippen molar-refractivity contribution in [2.45, 2.75) is 51.5 Å². The first-order valence-electron chi connectivity index (χ1n) is 11.7. The second-order valence-electron chi connectivity index (χ2n) is 8.70. The van der Waals surface area contributed by atoms with E-state index in [9.17, 15) is 9.59 Å². The Morgan fingerprint density at radius 3 is 2.48 bits per heavy atom. The number of amides is 2. The maximum absolute atomic E-state index is 13.0. The Kier molecular flexibility index (Phi) is 9.43. The number of aryl methyl sites for hydroxylation is 1. The second-order valence-corrected chi connectivity index (χ2v) is 9.10. The average Bonchev–Trinajstić information content (AvgIpc) is 2.83. The summed E-state index contributed by atoms with van der Waals surface area (Å²) in [6.07, 6.45) is 6.46. The monoisotopic (exact) mass is 471 g/mol. The predicted octanol–water partition coefficient (Wildman–Crippen LogP) is 4.95. The fourth-order valence-corrected chi connectivity index (χ4v) is 4.46. The second kappa shape index (κ2) is 12.5. The number of nitrogens with one attached hydrogen (secondary N) is 3. The lowest BCUT2D eigenvalue weighted by Crippen LogP contribution is -2.48. The number of ether oxygens (including phenoxy) is 1. The van der Waals surface area contributed by atoms with Gasteiger partial charge in [-0.25, -0.2) is 0 Å². The van der Waals surface area contributed by atoms with Crippen molar-refractivity contribution in [3.63, 3.8) is 0 Å². The fourth-order valence-electron chi connectivity index (χ4n) is 4.26. The van der Waals surface area contributed by atoms with Crippen LogP contribution in [0.1, 0.15) is 54.4 Å². The minimum absolute atomic E-state index is 0.158. The van der Waals surface area contributed by atoms with E-state index in [1.807, 2.05) is 37.3 Å². The molecule has 33 heavy (non-hydrogen) atoms. The van der Waals surface area contributed by atoms with Crippen molar-refractivity contribution in [3.8, 4) is 5.75 Å². The number of rotatable bonds is 10. The minimum atomic E-state index is -0.585. The van der Waals surface area contributed by atoms with Crippen molar-refractivity contribution < 1.29 is 14.3 Å². The van der Waals surface area contributed by atoms with Gasteiger partial charge < -0.3 is 20.7 Å². The van der Waals surface area contributed by atoms with E-state index in [0.717, 1.165) is 29.8 Å². The molecule has 0 heterocycles. The highest BCUT2D eigenvalue weighted by molar-refractivity contribution is 6.33. The first-order valence-corrected chi connectivity index (χ1v) is 12.1. The van der Waals surface area contributed by atoms with Crippen LogP contribution in [0.5, 0.6) is 5.75 Å². The van der Waals surface area contributed by atoms with Crippen molar-refractivity contribution in [1.82, 2.24) is 10.6 Å². The van der Waals surface area contributed by atoms with Crippen LogP contribution in [0, 0.1) is 12.8 Å². The van der Waals surface area contributed by atoms with Gasteiger partial charge in [-0.1, -0.05) is 55.3 Å². The molecule has 0 saturated heterocycles. The van der Waals surface area contributed by atoms with E-state index in [0.29, 0.717) is 36.0 Å². The molecular formula is C26H34ClN3O3. The molecule has 0 unspecified atom stereocenters. The van der Waals surface area contributed by atoms with Gasteiger partial charge >= 0.3 is 0 Å². The maximum Gasteiger partial charge on any atom is 0.253 e. The molecule has 1 aliphatic carbocycles. The molecule has 1 saturated carbocycles. The van der Waals surface area contributed by atoms with Crippen LogP contribution in [-0.4, -0.2) is 38.1 Å². The van der Waals surface area contributed by atoms with Crippen LogP contribution in [-0.2, 0) is 4.79 Å². The third-order valence-electron chi connectivity index (χ3n) is 6.13. The normalized spacial score (nSPS) is 14.9. The zero-order chi connectivity index (χ0) is 23.6. The zero-order valence-electron chi connectivity index (χ0n) is 19.5. The quantitative estimate of drug-likeness (QED) is 0.428. The van der Waals surface area contributed by atoms with Gasteiger partial charge in [0, 0.05) is 18.8 Å². The molecule has 3 N–H and O–H groups in total. The summed E-state index contributed by atoms with van der Waals surface area (Å²) in [5, 5.41) is 9.59. The van der Waals surface area contributed by atoms with Crippen molar-refractivity contribution >= 4 is 29.1 Å². The standard InChI is InChI=1S/C26H34ClN3O3/c1-18-8-13-23(27)22(16-18)25(31)30-24(17-19-6-4-3-5-7-19)26(32)29-15-14-28-20-9-11-21(33-2)12-10-20/h8-13,16,19,24,28H,3-7,14-15,17H2,1-2H3,(H,29,32)(H,30,31)/t24-/m0/s1. The molecule has 2 aromatic carbocycles. The summed E-state index contributed by atoms with van der Waals surface area (Å²) in [6.45, 7) is 2.94. The lowest BCUT2D eigenvalue weighted by atomic mass is 9.84. The van der Waals surface area contributed by atoms with Gasteiger partial charge in [0.15, 0.2) is 0 Å². The van der Waals surface area contributed by atoms with Gasteiger partial charge in [-0.15, -0.1) is 0 Å².